The van der Waals surface area contributed by atoms with Crippen LogP contribution < -0.4 is 10.6 Å². The Bertz CT molecular complexity index is 1160. The van der Waals surface area contributed by atoms with Crippen molar-refractivity contribution >= 4 is 23.1 Å². The normalized spacial score (nSPS) is 10.5. The first kappa shape index (κ1) is 21.5. The van der Waals surface area contributed by atoms with Crippen LogP contribution in [0, 0.1) is 22.0 Å². The summed E-state index contributed by atoms with van der Waals surface area (Å²) in [6.07, 6.45) is 1.67. The van der Waals surface area contributed by atoms with Crippen molar-refractivity contribution in [3.8, 4) is 11.8 Å². The molecule has 0 spiro atoms. The lowest BCUT2D eigenvalue weighted by molar-refractivity contribution is -0.384. The molecule has 0 bridgehead atoms. The third-order valence-corrected chi connectivity index (χ3v) is 4.46. The van der Waals surface area contributed by atoms with Crippen LogP contribution in [-0.4, -0.2) is 15.9 Å². The summed E-state index contributed by atoms with van der Waals surface area (Å²) in [5.74, 6) is 6.12. The molecule has 2 aromatic carbocycles. The molecule has 1 heterocycles. The lowest BCUT2D eigenvalue weighted by Gasteiger charge is -2.20. The van der Waals surface area contributed by atoms with Gasteiger partial charge in [-0.1, -0.05) is 38.8 Å². The van der Waals surface area contributed by atoms with Gasteiger partial charge in [0.2, 0.25) is 0 Å². The topological polar surface area (TPSA) is 97.2 Å². The standard InChI is InChI=1S/C24H22N4O3/c1-24(2,3)18-8-14-22(17(16-18)7-9-19-6-4-5-15-25-19)27-23(29)26-20-10-12-21(13-11-20)28(30)31/h4-6,8,10-16H,1-3H3,(H2,26,27,29). The molecule has 0 radical (unpaired) electrons. The summed E-state index contributed by atoms with van der Waals surface area (Å²) < 4.78 is 0. The zero-order chi connectivity index (χ0) is 22.4. The summed E-state index contributed by atoms with van der Waals surface area (Å²) in [6, 6.07) is 16.4. The summed E-state index contributed by atoms with van der Waals surface area (Å²) >= 11 is 0. The Kier molecular flexibility index (Phi) is 6.32. The predicted molar refractivity (Wildman–Crippen MR) is 121 cm³/mol. The van der Waals surface area contributed by atoms with Crippen molar-refractivity contribution in [1.29, 1.82) is 0 Å². The zero-order valence-electron chi connectivity index (χ0n) is 17.5. The Hall–Kier alpha value is -4.18. The maximum absolute atomic E-state index is 12.5. The van der Waals surface area contributed by atoms with Gasteiger partial charge >= 0.3 is 6.03 Å². The fourth-order valence-electron chi connectivity index (χ4n) is 2.74. The van der Waals surface area contributed by atoms with Gasteiger partial charge in [0.1, 0.15) is 5.69 Å². The van der Waals surface area contributed by atoms with Crippen molar-refractivity contribution in [2.75, 3.05) is 10.6 Å². The van der Waals surface area contributed by atoms with Crippen molar-refractivity contribution in [3.05, 3.63) is 93.8 Å². The molecule has 0 atom stereocenters. The first-order valence-corrected chi connectivity index (χ1v) is 9.62. The molecule has 3 rings (SSSR count). The monoisotopic (exact) mass is 414 g/mol. The molecule has 0 saturated carbocycles. The molecule has 2 N–H and O–H groups in total. The molecule has 0 aliphatic carbocycles. The van der Waals surface area contributed by atoms with Crippen LogP contribution in [0.25, 0.3) is 0 Å². The number of nitrogens with one attached hydrogen (secondary N) is 2. The van der Waals surface area contributed by atoms with E-state index in [1.807, 2.05) is 36.4 Å². The van der Waals surface area contributed by atoms with Gasteiger partial charge in [0.15, 0.2) is 0 Å². The molecule has 3 aromatic rings. The molecule has 1 aromatic heterocycles. The lowest BCUT2D eigenvalue weighted by Crippen LogP contribution is -2.20. The van der Waals surface area contributed by atoms with Gasteiger partial charge in [0.25, 0.3) is 5.69 Å². The quantitative estimate of drug-likeness (QED) is 0.344. The Labute approximate surface area is 180 Å². The van der Waals surface area contributed by atoms with Crippen LogP contribution >= 0.6 is 0 Å². The van der Waals surface area contributed by atoms with Crippen LogP contribution in [0.2, 0.25) is 0 Å². The van der Waals surface area contributed by atoms with Gasteiger partial charge < -0.3 is 10.6 Å². The number of amides is 2. The van der Waals surface area contributed by atoms with Gasteiger partial charge in [0.05, 0.1) is 10.6 Å². The third kappa shape index (κ3) is 5.90. The third-order valence-electron chi connectivity index (χ3n) is 4.46. The number of nitrogens with zero attached hydrogens (tertiary/aromatic N) is 2. The number of carbonyl (C=O) groups is 1. The van der Waals surface area contributed by atoms with E-state index < -0.39 is 11.0 Å². The van der Waals surface area contributed by atoms with Crippen molar-refractivity contribution < 1.29 is 9.72 Å². The molecule has 0 fully saturated rings. The first-order chi connectivity index (χ1) is 14.7. The second-order valence-corrected chi connectivity index (χ2v) is 7.86. The van der Waals surface area contributed by atoms with Gasteiger partial charge in [-0.05, 0) is 53.3 Å². The fraction of sp³-hybridized carbons (Fsp3) is 0.167. The average Bonchev–Trinajstić information content (AvgIpc) is 2.73. The van der Waals surface area contributed by atoms with E-state index >= 15 is 0 Å². The number of aromatic nitrogens is 1. The van der Waals surface area contributed by atoms with E-state index in [0.29, 0.717) is 22.6 Å². The molecule has 7 nitrogen and oxygen atoms in total. The number of anilines is 2. The van der Waals surface area contributed by atoms with Crippen LogP contribution in [0.15, 0.2) is 66.9 Å². The molecule has 0 aliphatic rings. The number of non-ortho nitro benzene ring substituents is 1. The number of pyridine rings is 1. The van der Waals surface area contributed by atoms with Gasteiger partial charge in [0, 0.05) is 29.6 Å². The molecule has 0 unspecified atom stereocenters. The van der Waals surface area contributed by atoms with Crippen LogP contribution in [0.5, 0.6) is 0 Å². The van der Waals surface area contributed by atoms with Gasteiger partial charge in [-0.15, -0.1) is 0 Å². The average molecular weight is 414 g/mol. The number of hydrogen-bond donors (Lipinski definition) is 2. The van der Waals surface area contributed by atoms with Gasteiger partial charge in [-0.3, -0.25) is 10.1 Å². The van der Waals surface area contributed by atoms with E-state index in [9.17, 15) is 14.9 Å². The number of carbonyl (C=O) groups excluding carboxylic acids is 1. The van der Waals surface area contributed by atoms with E-state index in [-0.39, 0.29) is 11.1 Å². The van der Waals surface area contributed by atoms with E-state index in [2.05, 4.69) is 48.2 Å². The van der Waals surface area contributed by atoms with Crippen LogP contribution in [-0.2, 0) is 5.41 Å². The summed E-state index contributed by atoms with van der Waals surface area (Å²) in [5.41, 5.74) is 3.24. The van der Waals surface area contributed by atoms with Crippen molar-refractivity contribution in [2.45, 2.75) is 26.2 Å². The lowest BCUT2D eigenvalue weighted by atomic mass is 9.86. The number of nitro benzene ring substituents is 1. The highest BCUT2D eigenvalue weighted by atomic mass is 16.6. The molecule has 0 saturated heterocycles. The molecule has 7 heteroatoms. The number of benzene rings is 2. The molecule has 156 valence electrons. The molecule has 31 heavy (non-hydrogen) atoms. The van der Waals surface area contributed by atoms with E-state index in [1.165, 1.54) is 24.3 Å². The zero-order valence-corrected chi connectivity index (χ0v) is 17.5. The second-order valence-electron chi connectivity index (χ2n) is 7.86. The fourth-order valence-corrected chi connectivity index (χ4v) is 2.74. The number of nitro groups is 1. The van der Waals surface area contributed by atoms with Crippen LogP contribution in [0.4, 0.5) is 21.9 Å². The maximum atomic E-state index is 12.5. The van der Waals surface area contributed by atoms with Crippen molar-refractivity contribution in [3.63, 3.8) is 0 Å². The van der Waals surface area contributed by atoms with Crippen molar-refractivity contribution in [1.82, 2.24) is 4.98 Å². The summed E-state index contributed by atoms with van der Waals surface area (Å²) in [4.78, 5) is 27.0. The minimum atomic E-state index is -0.493. The van der Waals surface area contributed by atoms with Crippen molar-refractivity contribution in [2.24, 2.45) is 0 Å². The van der Waals surface area contributed by atoms with Crippen LogP contribution in [0.3, 0.4) is 0 Å². The van der Waals surface area contributed by atoms with E-state index in [4.69, 9.17) is 0 Å². The highest BCUT2D eigenvalue weighted by Crippen LogP contribution is 2.27. The number of hydrogen-bond acceptors (Lipinski definition) is 4. The van der Waals surface area contributed by atoms with Crippen LogP contribution in [0.1, 0.15) is 37.6 Å². The highest BCUT2D eigenvalue weighted by Gasteiger charge is 2.16. The van der Waals surface area contributed by atoms with E-state index in [0.717, 1.165) is 5.56 Å². The minimum absolute atomic E-state index is 0.0455. The second kappa shape index (κ2) is 9.09. The SMILES string of the molecule is CC(C)(C)c1ccc(NC(=O)Nc2ccc([N+](=O)[O-])cc2)c(C#Cc2ccccn2)c1. The molecule has 0 aliphatic heterocycles. The highest BCUT2D eigenvalue weighted by molar-refractivity contribution is 6.00. The Morgan fingerprint density at radius 2 is 1.74 bits per heavy atom. The van der Waals surface area contributed by atoms with E-state index in [1.54, 1.807) is 6.20 Å². The number of urea groups is 1. The minimum Gasteiger partial charge on any atom is -0.308 e. The Balaban J connectivity index is 1.84. The maximum Gasteiger partial charge on any atom is 0.323 e. The van der Waals surface area contributed by atoms with Gasteiger partial charge in [-0.25, -0.2) is 9.78 Å². The van der Waals surface area contributed by atoms with Gasteiger partial charge in [-0.2, -0.15) is 0 Å². The molecular formula is C24H22N4O3. The smallest absolute Gasteiger partial charge is 0.308 e. The molecule has 2 amide bonds. The largest absolute Gasteiger partial charge is 0.323 e. The summed E-state index contributed by atoms with van der Waals surface area (Å²) in [5, 5.41) is 16.2. The number of rotatable bonds is 3. The summed E-state index contributed by atoms with van der Waals surface area (Å²) in [7, 11) is 0. The molecular weight excluding hydrogens is 392 g/mol. The summed E-state index contributed by atoms with van der Waals surface area (Å²) in [6.45, 7) is 6.31. The Morgan fingerprint density at radius 3 is 2.35 bits per heavy atom. The first-order valence-electron chi connectivity index (χ1n) is 9.62. The predicted octanol–water partition coefficient (Wildman–Crippen LogP) is 5.33. The Morgan fingerprint density at radius 1 is 1.00 bits per heavy atom.